The summed E-state index contributed by atoms with van der Waals surface area (Å²) in [6, 6.07) is 12.5. The summed E-state index contributed by atoms with van der Waals surface area (Å²) in [6.45, 7) is 4.51. The van der Waals surface area contributed by atoms with E-state index in [1.165, 1.54) is 5.56 Å². The first-order valence-electron chi connectivity index (χ1n) is 7.00. The number of hydrogen-bond donors (Lipinski definition) is 0. The number of benzene rings is 1. The molecule has 2 aromatic rings. The monoisotopic (exact) mass is 269 g/mol. The lowest BCUT2D eigenvalue weighted by molar-refractivity contribution is 0.0408. The third-order valence-electron chi connectivity index (χ3n) is 3.56. The minimum atomic E-state index is 0.224. The molecule has 0 radical (unpaired) electrons. The number of hydrogen-bond acceptors (Lipinski definition) is 4. The number of ether oxygens (including phenoxy) is 1. The molecule has 1 aliphatic heterocycles. The van der Waals surface area contributed by atoms with Crippen LogP contribution in [-0.4, -0.2) is 35.8 Å². The molecular weight excluding hydrogens is 250 g/mol. The highest BCUT2D eigenvalue weighted by atomic mass is 16.5. The summed E-state index contributed by atoms with van der Waals surface area (Å²) in [5, 5.41) is 0. The highest BCUT2D eigenvalue weighted by Crippen LogP contribution is 2.17. The van der Waals surface area contributed by atoms with Crippen molar-refractivity contribution in [3.63, 3.8) is 0 Å². The zero-order valence-electron chi connectivity index (χ0n) is 11.7. The normalized spacial score (nSPS) is 19.1. The summed E-state index contributed by atoms with van der Waals surface area (Å²) in [5.74, 6) is 0.999. The zero-order valence-corrected chi connectivity index (χ0v) is 11.7. The molecule has 104 valence electrons. The van der Waals surface area contributed by atoms with E-state index in [0.717, 1.165) is 37.6 Å². The summed E-state index contributed by atoms with van der Waals surface area (Å²) in [6.07, 6.45) is 2.80. The Labute approximate surface area is 119 Å². The van der Waals surface area contributed by atoms with Crippen molar-refractivity contribution >= 4 is 5.82 Å². The number of nitrogens with zero attached hydrogens (tertiary/aromatic N) is 3. The lowest BCUT2D eigenvalue weighted by Crippen LogP contribution is -2.43. The molecule has 4 nitrogen and oxygen atoms in total. The fraction of sp³-hybridized carbons (Fsp3) is 0.375. The van der Waals surface area contributed by atoms with Gasteiger partial charge in [0.1, 0.15) is 12.1 Å². The Morgan fingerprint density at radius 2 is 2.10 bits per heavy atom. The number of aryl methyl sites for hydroxylation is 1. The molecule has 1 aromatic heterocycles. The molecule has 2 heterocycles. The average Bonchev–Trinajstić information content (AvgIpc) is 2.49. The van der Waals surface area contributed by atoms with E-state index in [9.17, 15) is 0 Å². The van der Waals surface area contributed by atoms with E-state index < -0.39 is 0 Å². The predicted molar refractivity (Wildman–Crippen MR) is 78.9 cm³/mol. The first-order valence-corrected chi connectivity index (χ1v) is 7.00. The summed E-state index contributed by atoms with van der Waals surface area (Å²) < 4.78 is 5.88. The Balaban J connectivity index is 1.67. The van der Waals surface area contributed by atoms with Gasteiger partial charge in [0.25, 0.3) is 0 Å². The molecule has 0 spiro atoms. The summed E-state index contributed by atoms with van der Waals surface area (Å²) in [7, 11) is 0. The molecule has 0 saturated carbocycles. The van der Waals surface area contributed by atoms with E-state index in [-0.39, 0.29) is 6.10 Å². The molecule has 1 atom stereocenters. The second-order valence-electron chi connectivity index (χ2n) is 5.15. The second kappa shape index (κ2) is 6.01. The smallest absolute Gasteiger partial charge is 0.132 e. The van der Waals surface area contributed by atoms with Crippen LogP contribution in [0.25, 0.3) is 0 Å². The Hall–Kier alpha value is -1.94. The second-order valence-corrected chi connectivity index (χ2v) is 5.15. The molecule has 1 saturated heterocycles. The minimum absolute atomic E-state index is 0.224. The first kappa shape index (κ1) is 13.1. The Morgan fingerprint density at radius 3 is 2.90 bits per heavy atom. The standard InChI is InChI=1S/C16H19N3O/c1-13-9-16(18-12-17-13)19-7-8-20-15(11-19)10-14-5-3-2-4-6-14/h2-6,9,12,15H,7-8,10-11H2,1H3. The molecule has 0 aliphatic carbocycles. The van der Waals surface area contributed by atoms with Gasteiger partial charge in [-0.2, -0.15) is 0 Å². The maximum Gasteiger partial charge on any atom is 0.132 e. The molecule has 0 N–H and O–H groups in total. The number of morpholine rings is 1. The molecule has 1 unspecified atom stereocenters. The Bertz CT molecular complexity index is 559. The van der Waals surface area contributed by atoms with Crippen molar-refractivity contribution < 1.29 is 4.74 Å². The Morgan fingerprint density at radius 1 is 1.25 bits per heavy atom. The molecule has 1 fully saturated rings. The van der Waals surface area contributed by atoms with Crippen molar-refractivity contribution in [3.05, 3.63) is 54.0 Å². The van der Waals surface area contributed by atoms with Gasteiger partial charge in [-0.1, -0.05) is 30.3 Å². The third-order valence-corrected chi connectivity index (χ3v) is 3.56. The van der Waals surface area contributed by atoms with Crippen LogP contribution in [0.4, 0.5) is 5.82 Å². The van der Waals surface area contributed by atoms with Crippen LogP contribution in [0.5, 0.6) is 0 Å². The molecule has 1 aromatic carbocycles. The fourth-order valence-corrected chi connectivity index (χ4v) is 2.54. The van der Waals surface area contributed by atoms with Crippen molar-refractivity contribution in [2.45, 2.75) is 19.4 Å². The van der Waals surface area contributed by atoms with Gasteiger partial charge in [-0.25, -0.2) is 9.97 Å². The van der Waals surface area contributed by atoms with Crippen molar-refractivity contribution in [1.82, 2.24) is 9.97 Å². The maximum absolute atomic E-state index is 5.88. The van der Waals surface area contributed by atoms with E-state index in [4.69, 9.17) is 4.74 Å². The molecular formula is C16H19N3O. The van der Waals surface area contributed by atoms with Crippen LogP contribution >= 0.6 is 0 Å². The van der Waals surface area contributed by atoms with Gasteiger partial charge >= 0.3 is 0 Å². The molecule has 0 bridgehead atoms. The van der Waals surface area contributed by atoms with Crippen LogP contribution in [0.3, 0.4) is 0 Å². The average molecular weight is 269 g/mol. The zero-order chi connectivity index (χ0) is 13.8. The maximum atomic E-state index is 5.88. The van der Waals surface area contributed by atoms with Crippen molar-refractivity contribution in [2.24, 2.45) is 0 Å². The number of anilines is 1. The van der Waals surface area contributed by atoms with Gasteiger partial charge in [-0.05, 0) is 12.5 Å². The lowest BCUT2D eigenvalue weighted by Gasteiger charge is -2.33. The highest BCUT2D eigenvalue weighted by Gasteiger charge is 2.21. The molecule has 4 heteroatoms. The van der Waals surface area contributed by atoms with Crippen LogP contribution in [0.15, 0.2) is 42.7 Å². The van der Waals surface area contributed by atoms with E-state index in [2.05, 4.69) is 39.1 Å². The van der Waals surface area contributed by atoms with Crippen LogP contribution in [-0.2, 0) is 11.2 Å². The molecule has 3 rings (SSSR count). The molecule has 1 aliphatic rings. The topological polar surface area (TPSA) is 38.2 Å². The van der Waals surface area contributed by atoms with Crippen LogP contribution in [0, 0.1) is 6.92 Å². The summed E-state index contributed by atoms with van der Waals surface area (Å²) in [5.41, 5.74) is 2.32. The summed E-state index contributed by atoms with van der Waals surface area (Å²) >= 11 is 0. The lowest BCUT2D eigenvalue weighted by atomic mass is 10.1. The Kier molecular flexibility index (Phi) is 3.92. The van der Waals surface area contributed by atoms with Crippen LogP contribution in [0.1, 0.15) is 11.3 Å². The van der Waals surface area contributed by atoms with Gasteiger partial charge in [0.2, 0.25) is 0 Å². The SMILES string of the molecule is Cc1cc(N2CCOC(Cc3ccccc3)C2)ncn1. The van der Waals surface area contributed by atoms with E-state index >= 15 is 0 Å². The number of rotatable bonds is 3. The quantitative estimate of drug-likeness (QED) is 0.856. The van der Waals surface area contributed by atoms with Crippen molar-refractivity contribution in [2.75, 3.05) is 24.6 Å². The minimum Gasteiger partial charge on any atom is -0.374 e. The van der Waals surface area contributed by atoms with Gasteiger partial charge in [0, 0.05) is 31.3 Å². The highest BCUT2D eigenvalue weighted by molar-refractivity contribution is 5.39. The fourth-order valence-electron chi connectivity index (χ4n) is 2.54. The van der Waals surface area contributed by atoms with Gasteiger partial charge in [0.15, 0.2) is 0 Å². The summed E-state index contributed by atoms with van der Waals surface area (Å²) in [4.78, 5) is 10.8. The predicted octanol–water partition coefficient (Wildman–Crippen LogP) is 2.23. The molecule has 0 amide bonds. The van der Waals surface area contributed by atoms with Crippen molar-refractivity contribution in [3.8, 4) is 0 Å². The van der Waals surface area contributed by atoms with Crippen LogP contribution < -0.4 is 4.90 Å². The third kappa shape index (κ3) is 3.14. The van der Waals surface area contributed by atoms with Gasteiger partial charge in [-0.3, -0.25) is 0 Å². The van der Waals surface area contributed by atoms with Crippen molar-refractivity contribution in [1.29, 1.82) is 0 Å². The van der Waals surface area contributed by atoms with E-state index in [1.807, 2.05) is 19.1 Å². The first-order chi connectivity index (χ1) is 9.81. The van der Waals surface area contributed by atoms with Gasteiger partial charge in [0.05, 0.1) is 12.7 Å². The van der Waals surface area contributed by atoms with Crippen LogP contribution in [0.2, 0.25) is 0 Å². The van der Waals surface area contributed by atoms with E-state index in [1.54, 1.807) is 6.33 Å². The van der Waals surface area contributed by atoms with Gasteiger partial charge in [-0.15, -0.1) is 0 Å². The van der Waals surface area contributed by atoms with Gasteiger partial charge < -0.3 is 9.64 Å². The van der Waals surface area contributed by atoms with E-state index in [0.29, 0.717) is 0 Å². The molecule has 20 heavy (non-hydrogen) atoms. The largest absolute Gasteiger partial charge is 0.374 e. The number of aromatic nitrogens is 2.